The normalized spacial score (nSPS) is 17.2. The van der Waals surface area contributed by atoms with Crippen molar-refractivity contribution in [2.75, 3.05) is 5.75 Å². The van der Waals surface area contributed by atoms with Crippen LogP contribution in [0.15, 0.2) is 136 Å². The van der Waals surface area contributed by atoms with Crippen molar-refractivity contribution < 1.29 is 19.1 Å². The van der Waals surface area contributed by atoms with Crippen molar-refractivity contribution in [3.8, 4) is 11.3 Å². The Labute approximate surface area is 284 Å². The number of aromatic nitrogens is 2. The Morgan fingerprint density at radius 2 is 1.55 bits per heavy atom. The number of carbonyl (C=O) groups excluding carboxylic acids is 3. The second-order valence-electron chi connectivity index (χ2n) is 10.8. The molecule has 5 aromatic rings. The molecule has 7 rings (SSSR count). The van der Waals surface area contributed by atoms with Crippen LogP contribution in [0.25, 0.3) is 11.3 Å². The summed E-state index contributed by atoms with van der Waals surface area (Å²) in [5.74, 6) is -0.757. The molecule has 1 fully saturated rings. The van der Waals surface area contributed by atoms with Gasteiger partial charge in [0.15, 0.2) is 10.4 Å². The van der Waals surface area contributed by atoms with E-state index in [4.69, 9.17) is 9.72 Å². The number of β-lactam (4-membered cyclic amide) rings is 1. The van der Waals surface area contributed by atoms with E-state index in [0.717, 1.165) is 32.3 Å². The molecule has 1 N–H and O–H groups in total. The number of hydrogen-bond donors (Lipinski definition) is 1. The average Bonchev–Trinajstić information content (AvgIpc) is 3.59. The molecule has 4 heterocycles. The molecular weight excluding hydrogens is 649 g/mol. The largest absolute Gasteiger partial charge is 0.448 e. The maximum atomic E-state index is 14.3. The summed E-state index contributed by atoms with van der Waals surface area (Å²) >= 11 is 4.34. The molecule has 2 aromatic heterocycles. The van der Waals surface area contributed by atoms with Crippen LogP contribution in [0.5, 0.6) is 0 Å². The molecule has 47 heavy (non-hydrogen) atoms. The third kappa shape index (κ3) is 6.73. The van der Waals surface area contributed by atoms with Gasteiger partial charge < -0.3 is 10.1 Å². The first-order chi connectivity index (χ1) is 23.0. The van der Waals surface area contributed by atoms with Gasteiger partial charge in [0.05, 0.1) is 12.1 Å². The summed E-state index contributed by atoms with van der Waals surface area (Å²) in [6, 6.07) is 31.5. The predicted octanol–water partition coefficient (Wildman–Crippen LogP) is 6.48. The summed E-state index contributed by atoms with van der Waals surface area (Å²) in [5.41, 5.74) is 4.42. The van der Waals surface area contributed by atoms with E-state index in [1.165, 1.54) is 39.8 Å². The number of ether oxygens (including phenoxy) is 1. The third-order valence-electron chi connectivity index (χ3n) is 7.75. The third-order valence-corrected chi connectivity index (χ3v) is 11.2. The number of benzene rings is 3. The first-order valence-electron chi connectivity index (χ1n) is 14.9. The molecule has 2 aliphatic heterocycles. The van der Waals surface area contributed by atoms with Gasteiger partial charge in [0.2, 0.25) is 5.91 Å². The highest BCUT2D eigenvalue weighted by Gasteiger charge is 2.55. The highest BCUT2D eigenvalue weighted by atomic mass is 32.2. The summed E-state index contributed by atoms with van der Waals surface area (Å²) in [6.07, 6.45) is 2.91. The van der Waals surface area contributed by atoms with E-state index in [0.29, 0.717) is 10.7 Å². The van der Waals surface area contributed by atoms with Crippen LogP contribution in [0, 0.1) is 0 Å². The molecule has 1 saturated heterocycles. The number of thioether (sulfide) groups is 2. The lowest BCUT2D eigenvalue weighted by atomic mass is 10.0. The molecule has 2 atom stereocenters. The first-order valence-corrected chi connectivity index (χ1v) is 17.7. The van der Waals surface area contributed by atoms with Gasteiger partial charge in [-0.1, -0.05) is 103 Å². The highest BCUT2D eigenvalue weighted by Crippen LogP contribution is 2.47. The minimum Gasteiger partial charge on any atom is -0.448 e. The second-order valence-corrected chi connectivity index (χ2v) is 14.1. The van der Waals surface area contributed by atoms with Gasteiger partial charge in [-0.15, -0.1) is 23.1 Å². The standard InChI is InChI=1S/C36H28N4O4S3/c41-29(20-23-10-4-1-5-11-23)39-30-33(42)40-31(35(43)44-32(25-12-6-2-7-13-25)26-14-8-3-9-15-26)28(22-45-34(30)40)47-36-38-27(21-46-36)24-16-18-37-19-17-24/h1-19,21,30,32,34H,20,22H2,(H,39,41)/t30-,34+/m1/s1. The summed E-state index contributed by atoms with van der Waals surface area (Å²) in [7, 11) is 0. The fourth-order valence-electron chi connectivity index (χ4n) is 5.48. The zero-order valence-electron chi connectivity index (χ0n) is 24.9. The summed E-state index contributed by atoms with van der Waals surface area (Å²) in [5, 5.41) is 4.43. The zero-order valence-corrected chi connectivity index (χ0v) is 27.3. The van der Waals surface area contributed by atoms with E-state index in [-0.39, 0.29) is 23.9 Å². The number of nitrogens with one attached hydrogen (secondary N) is 1. The number of fused-ring (bicyclic) bond motifs is 1. The second kappa shape index (κ2) is 14.0. The Hall–Kier alpha value is -4.71. The number of hydrogen-bond acceptors (Lipinski definition) is 9. The number of esters is 1. The lowest BCUT2D eigenvalue weighted by Crippen LogP contribution is -2.70. The quantitative estimate of drug-likeness (QED) is 0.133. The first kappa shape index (κ1) is 30.9. The van der Waals surface area contributed by atoms with E-state index >= 15 is 0 Å². The van der Waals surface area contributed by atoms with Crippen LogP contribution in [-0.4, -0.2) is 49.8 Å². The molecule has 0 radical (unpaired) electrons. The Morgan fingerprint density at radius 1 is 0.915 bits per heavy atom. The van der Waals surface area contributed by atoms with Crippen molar-refractivity contribution in [2.45, 2.75) is 28.3 Å². The highest BCUT2D eigenvalue weighted by molar-refractivity contribution is 8.07. The molecule has 234 valence electrons. The van der Waals surface area contributed by atoms with Gasteiger partial charge in [-0.05, 0) is 28.8 Å². The van der Waals surface area contributed by atoms with Gasteiger partial charge in [-0.2, -0.15) is 0 Å². The van der Waals surface area contributed by atoms with Crippen LogP contribution in [0.1, 0.15) is 22.8 Å². The predicted molar refractivity (Wildman–Crippen MR) is 184 cm³/mol. The van der Waals surface area contributed by atoms with Crippen molar-refractivity contribution in [2.24, 2.45) is 0 Å². The van der Waals surface area contributed by atoms with Gasteiger partial charge in [0.25, 0.3) is 5.91 Å². The Balaban J connectivity index is 1.18. The van der Waals surface area contributed by atoms with E-state index in [1.54, 1.807) is 12.4 Å². The van der Waals surface area contributed by atoms with Crippen LogP contribution >= 0.6 is 34.9 Å². The van der Waals surface area contributed by atoms with Crippen LogP contribution in [0.3, 0.4) is 0 Å². The number of nitrogens with zero attached hydrogens (tertiary/aromatic N) is 3. The minimum atomic E-state index is -0.747. The Morgan fingerprint density at radius 3 is 2.21 bits per heavy atom. The lowest BCUT2D eigenvalue weighted by Gasteiger charge is -2.49. The average molecular weight is 677 g/mol. The van der Waals surface area contributed by atoms with Crippen LogP contribution in [0.4, 0.5) is 0 Å². The van der Waals surface area contributed by atoms with Crippen molar-refractivity contribution >= 4 is 52.6 Å². The molecule has 8 nitrogen and oxygen atoms in total. The molecule has 0 aliphatic carbocycles. The summed E-state index contributed by atoms with van der Waals surface area (Å²) in [6.45, 7) is 0. The summed E-state index contributed by atoms with van der Waals surface area (Å²) < 4.78 is 7.01. The van der Waals surface area contributed by atoms with Crippen molar-refractivity contribution in [1.82, 2.24) is 20.2 Å². The number of amides is 2. The summed E-state index contributed by atoms with van der Waals surface area (Å²) in [4.78, 5) is 52.0. The molecule has 11 heteroatoms. The number of carbonyl (C=O) groups is 3. The van der Waals surface area contributed by atoms with Crippen molar-refractivity contribution in [3.05, 3.63) is 148 Å². The Kier molecular flexibility index (Phi) is 9.18. The maximum Gasteiger partial charge on any atom is 0.356 e. The van der Waals surface area contributed by atoms with Crippen LogP contribution in [0.2, 0.25) is 0 Å². The molecule has 2 aliphatic rings. The maximum absolute atomic E-state index is 14.3. The van der Waals surface area contributed by atoms with Crippen LogP contribution in [-0.2, 0) is 25.5 Å². The van der Waals surface area contributed by atoms with Gasteiger partial charge >= 0.3 is 5.97 Å². The molecule has 0 unspecified atom stereocenters. The van der Waals surface area contributed by atoms with Gasteiger partial charge in [-0.3, -0.25) is 19.5 Å². The lowest BCUT2D eigenvalue weighted by molar-refractivity contribution is -0.154. The number of pyridine rings is 1. The van der Waals surface area contributed by atoms with Gasteiger partial charge in [-0.25, -0.2) is 9.78 Å². The van der Waals surface area contributed by atoms with E-state index in [2.05, 4.69) is 10.3 Å². The number of rotatable bonds is 10. The van der Waals surface area contributed by atoms with Gasteiger partial charge in [0, 0.05) is 34.0 Å². The molecule has 3 aromatic carbocycles. The fraction of sp³-hybridized carbons (Fsp3) is 0.139. The monoisotopic (exact) mass is 676 g/mol. The van der Waals surface area contributed by atoms with Gasteiger partial charge in [0.1, 0.15) is 17.1 Å². The Bertz CT molecular complexity index is 1880. The van der Waals surface area contributed by atoms with E-state index in [1.807, 2.05) is 109 Å². The van der Waals surface area contributed by atoms with E-state index in [9.17, 15) is 14.4 Å². The zero-order chi connectivity index (χ0) is 32.2. The minimum absolute atomic E-state index is 0.160. The molecule has 0 saturated carbocycles. The molecular formula is C36H28N4O4S3. The van der Waals surface area contributed by atoms with E-state index < -0.39 is 23.5 Å². The molecule has 0 spiro atoms. The smallest absolute Gasteiger partial charge is 0.356 e. The van der Waals surface area contributed by atoms with Crippen LogP contribution < -0.4 is 5.32 Å². The number of thiazole rings is 1. The van der Waals surface area contributed by atoms with Crippen molar-refractivity contribution in [3.63, 3.8) is 0 Å². The fourth-order valence-corrected chi connectivity index (χ4v) is 8.93. The topological polar surface area (TPSA) is 101 Å². The SMILES string of the molecule is O=C(Cc1ccccc1)N[C@@H]1C(=O)N2C(C(=O)OC(c3ccccc3)c3ccccc3)=C(Sc3nc(-c4ccncc4)cs3)CS[C@@H]12. The molecule has 2 amide bonds. The molecule has 0 bridgehead atoms. The van der Waals surface area contributed by atoms with Crippen molar-refractivity contribution in [1.29, 1.82) is 0 Å².